The number of methoxy groups -OCH3 is 2. The summed E-state index contributed by atoms with van der Waals surface area (Å²) in [7, 11) is 3.11. The summed E-state index contributed by atoms with van der Waals surface area (Å²) >= 11 is 0. The predicted molar refractivity (Wildman–Crippen MR) is 99.8 cm³/mol. The second-order valence-electron chi connectivity index (χ2n) is 6.23. The molecule has 0 radical (unpaired) electrons. The van der Waals surface area contributed by atoms with E-state index in [1.165, 1.54) is 0 Å². The maximum absolute atomic E-state index is 12.8. The quantitative estimate of drug-likeness (QED) is 0.838. The number of rotatable bonds is 5. The zero-order valence-corrected chi connectivity index (χ0v) is 15.1. The Labute approximate surface area is 152 Å². The summed E-state index contributed by atoms with van der Waals surface area (Å²) in [4.78, 5) is 26.9. The van der Waals surface area contributed by atoms with E-state index in [1.54, 1.807) is 37.3 Å². The highest BCUT2D eigenvalue weighted by Crippen LogP contribution is 2.34. The Morgan fingerprint density at radius 1 is 1.12 bits per heavy atom. The maximum Gasteiger partial charge on any atom is 0.239 e. The topological polar surface area (TPSA) is 67.9 Å². The highest BCUT2D eigenvalue weighted by Gasteiger charge is 2.37. The smallest absolute Gasteiger partial charge is 0.239 e. The van der Waals surface area contributed by atoms with Gasteiger partial charge in [0, 0.05) is 24.0 Å². The van der Waals surface area contributed by atoms with Gasteiger partial charge in [0.1, 0.15) is 5.92 Å². The van der Waals surface area contributed by atoms with Gasteiger partial charge in [-0.3, -0.25) is 9.59 Å². The first kappa shape index (κ1) is 17.8. The molecular formula is C20H22N2O4. The summed E-state index contributed by atoms with van der Waals surface area (Å²) in [6, 6.07) is 12.8. The largest absolute Gasteiger partial charge is 0.493 e. The van der Waals surface area contributed by atoms with Crippen LogP contribution in [0, 0.1) is 12.8 Å². The van der Waals surface area contributed by atoms with E-state index in [1.807, 2.05) is 31.2 Å². The first-order valence-electron chi connectivity index (χ1n) is 8.44. The number of amides is 2. The molecule has 1 unspecified atom stereocenters. The molecule has 1 fully saturated rings. The molecule has 1 atom stereocenters. The van der Waals surface area contributed by atoms with Crippen molar-refractivity contribution in [1.82, 2.24) is 0 Å². The van der Waals surface area contributed by atoms with Gasteiger partial charge in [-0.25, -0.2) is 0 Å². The Bertz CT molecular complexity index is 834. The summed E-state index contributed by atoms with van der Waals surface area (Å²) in [5.41, 5.74) is 2.44. The number of carbonyl (C=O) groups excluding carboxylic acids is 2. The van der Waals surface area contributed by atoms with E-state index >= 15 is 0 Å². The van der Waals surface area contributed by atoms with Crippen LogP contribution in [0.25, 0.3) is 0 Å². The Morgan fingerprint density at radius 3 is 2.58 bits per heavy atom. The van der Waals surface area contributed by atoms with Crippen molar-refractivity contribution in [2.45, 2.75) is 13.3 Å². The highest BCUT2D eigenvalue weighted by atomic mass is 16.5. The molecule has 26 heavy (non-hydrogen) atoms. The van der Waals surface area contributed by atoms with Crippen LogP contribution >= 0.6 is 0 Å². The molecule has 1 heterocycles. The number of ether oxygens (including phenoxy) is 2. The van der Waals surface area contributed by atoms with Crippen LogP contribution in [0.3, 0.4) is 0 Å². The van der Waals surface area contributed by atoms with E-state index < -0.39 is 5.92 Å². The van der Waals surface area contributed by atoms with Gasteiger partial charge >= 0.3 is 0 Å². The number of aryl methyl sites for hydroxylation is 1. The van der Waals surface area contributed by atoms with Crippen LogP contribution in [0.15, 0.2) is 42.5 Å². The standard InChI is InChI=1S/C20H22N2O4/c1-13-5-4-6-14(11-13)21-19(23)16-9-10-22(20(16)24)15-7-8-17(25-2)18(12-15)26-3/h4-8,11-12,16H,9-10H2,1-3H3,(H,21,23). The average molecular weight is 354 g/mol. The lowest BCUT2D eigenvalue weighted by Crippen LogP contribution is -2.33. The summed E-state index contributed by atoms with van der Waals surface area (Å²) in [6.45, 7) is 2.44. The van der Waals surface area contributed by atoms with E-state index in [0.29, 0.717) is 35.8 Å². The van der Waals surface area contributed by atoms with E-state index in [4.69, 9.17) is 9.47 Å². The second-order valence-corrected chi connectivity index (χ2v) is 6.23. The lowest BCUT2D eigenvalue weighted by Gasteiger charge is -2.18. The molecule has 6 nitrogen and oxygen atoms in total. The van der Waals surface area contributed by atoms with Gasteiger partial charge in [-0.2, -0.15) is 0 Å². The fourth-order valence-corrected chi connectivity index (χ4v) is 3.12. The van der Waals surface area contributed by atoms with Crippen LogP contribution in [-0.2, 0) is 9.59 Å². The Balaban J connectivity index is 1.74. The van der Waals surface area contributed by atoms with E-state index in [9.17, 15) is 9.59 Å². The zero-order valence-electron chi connectivity index (χ0n) is 15.1. The number of carbonyl (C=O) groups is 2. The number of hydrogen-bond acceptors (Lipinski definition) is 4. The first-order valence-corrected chi connectivity index (χ1v) is 8.44. The predicted octanol–water partition coefficient (Wildman–Crippen LogP) is 3.00. The van der Waals surface area contributed by atoms with Crippen molar-refractivity contribution >= 4 is 23.2 Å². The summed E-state index contributed by atoms with van der Waals surface area (Å²) < 4.78 is 10.5. The molecule has 2 amide bonds. The molecule has 136 valence electrons. The van der Waals surface area contributed by atoms with Gasteiger partial charge in [0.25, 0.3) is 0 Å². The molecule has 0 bridgehead atoms. The molecule has 0 saturated carbocycles. The maximum atomic E-state index is 12.8. The minimum atomic E-state index is -0.691. The third-order valence-electron chi connectivity index (χ3n) is 4.49. The third kappa shape index (κ3) is 3.49. The molecule has 0 aliphatic carbocycles. The van der Waals surface area contributed by atoms with Crippen LogP contribution in [0.1, 0.15) is 12.0 Å². The summed E-state index contributed by atoms with van der Waals surface area (Å²) in [5, 5.41) is 2.84. The molecule has 2 aromatic rings. The van der Waals surface area contributed by atoms with Crippen LogP contribution < -0.4 is 19.7 Å². The normalized spacial score (nSPS) is 16.5. The molecule has 0 spiro atoms. The molecule has 6 heteroatoms. The molecule has 2 aromatic carbocycles. The van der Waals surface area contributed by atoms with Gasteiger partial charge < -0.3 is 19.7 Å². The van der Waals surface area contributed by atoms with Crippen molar-refractivity contribution in [3.8, 4) is 11.5 Å². The minimum Gasteiger partial charge on any atom is -0.493 e. The van der Waals surface area contributed by atoms with E-state index in [2.05, 4.69) is 5.32 Å². The minimum absolute atomic E-state index is 0.206. The number of nitrogens with zero attached hydrogens (tertiary/aromatic N) is 1. The average Bonchev–Trinajstić information content (AvgIpc) is 3.02. The molecule has 3 rings (SSSR count). The lowest BCUT2D eigenvalue weighted by molar-refractivity contribution is -0.129. The van der Waals surface area contributed by atoms with E-state index in [0.717, 1.165) is 5.56 Å². The number of nitrogens with one attached hydrogen (secondary N) is 1. The summed E-state index contributed by atoms with van der Waals surface area (Å²) in [6.07, 6.45) is 0.477. The third-order valence-corrected chi connectivity index (χ3v) is 4.49. The lowest BCUT2D eigenvalue weighted by atomic mass is 10.1. The number of anilines is 2. The molecule has 1 N–H and O–H groups in total. The molecule has 0 aromatic heterocycles. The second kappa shape index (κ2) is 7.47. The Morgan fingerprint density at radius 2 is 1.88 bits per heavy atom. The monoisotopic (exact) mass is 354 g/mol. The van der Waals surface area contributed by atoms with Crippen LogP contribution in [-0.4, -0.2) is 32.6 Å². The van der Waals surface area contributed by atoms with Gasteiger partial charge in [0.2, 0.25) is 11.8 Å². The van der Waals surface area contributed by atoms with Gasteiger partial charge in [-0.05, 0) is 43.2 Å². The van der Waals surface area contributed by atoms with Gasteiger partial charge in [0.05, 0.1) is 14.2 Å². The molecule has 1 saturated heterocycles. The van der Waals surface area contributed by atoms with Gasteiger partial charge in [0.15, 0.2) is 11.5 Å². The van der Waals surface area contributed by atoms with Crippen molar-refractivity contribution in [2.24, 2.45) is 5.92 Å². The fraction of sp³-hybridized carbons (Fsp3) is 0.300. The number of hydrogen-bond donors (Lipinski definition) is 1. The SMILES string of the molecule is COc1ccc(N2CCC(C(=O)Nc3cccc(C)c3)C2=O)cc1OC. The van der Waals surface area contributed by atoms with E-state index in [-0.39, 0.29) is 11.8 Å². The van der Waals surface area contributed by atoms with Crippen molar-refractivity contribution in [2.75, 3.05) is 31.0 Å². The van der Waals surface area contributed by atoms with Crippen molar-refractivity contribution < 1.29 is 19.1 Å². The first-order chi connectivity index (χ1) is 12.5. The van der Waals surface area contributed by atoms with Gasteiger partial charge in [-0.15, -0.1) is 0 Å². The molecular weight excluding hydrogens is 332 g/mol. The Hall–Kier alpha value is -3.02. The fourth-order valence-electron chi connectivity index (χ4n) is 3.12. The van der Waals surface area contributed by atoms with Crippen molar-refractivity contribution in [1.29, 1.82) is 0 Å². The number of benzene rings is 2. The molecule has 1 aliphatic heterocycles. The van der Waals surface area contributed by atoms with Crippen LogP contribution in [0.5, 0.6) is 11.5 Å². The van der Waals surface area contributed by atoms with Gasteiger partial charge in [-0.1, -0.05) is 12.1 Å². The van der Waals surface area contributed by atoms with Crippen molar-refractivity contribution in [3.63, 3.8) is 0 Å². The zero-order chi connectivity index (χ0) is 18.7. The van der Waals surface area contributed by atoms with Crippen LogP contribution in [0.4, 0.5) is 11.4 Å². The van der Waals surface area contributed by atoms with Crippen LogP contribution in [0.2, 0.25) is 0 Å². The molecule has 1 aliphatic rings. The Kier molecular flexibility index (Phi) is 5.11. The van der Waals surface area contributed by atoms with Crippen molar-refractivity contribution in [3.05, 3.63) is 48.0 Å². The highest BCUT2D eigenvalue weighted by molar-refractivity contribution is 6.13. The summed E-state index contributed by atoms with van der Waals surface area (Å²) in [5.74, 6) is -0.0309.